The molecule has 60 heavy (non-hydrogen) atoms. The largest absolute Gasteiger partial charge is 0.397 e. The van der Waals surface area contributed by atoms with Gasteiger partial charge in [0.05, 0.1) is 25.4 Å². The molecule has 0 saturated carbocycles. The molecule has 0 aliphatic carbocycles. The lowest BCUT2D eigenvalue weighted by atomic mass is 9.99. The van der Waals surface area contributed by atoms with Crippen LogP contribution in [0.4, 0.5) is 0 Å². The maximum atomic E-state index is 13.1. The second-order valence-corrected chi connectivity index (χ2v) is 18.6. The number of hydrogen-bond acceptors (Lipinski definition) is 11. The van der Waals surface area contributed by atoms with Crippen molar-refractivity contribution in [1.82, 2.24) is 5.32 Å². The molecule has 8 unspecified atom stereocenters. The van der Waals surface area contributed by atoms with Crippen molar-refractivity contribution in [3.63, 3.8) is 0 Å². The summed E-state index contributed by atoms with van der Waals surface area (Å²) in [5.74, 6) is -0.666. The smallest absolute Gasteiger partial charge is 0.394 e. The summed E-state index contributed by atoms with van der Waals surface area (Å²) in [6.07, 6.45) is 27.1. The number of aliphatic hydroxyl groups is 5. The second kappa shape index (κ2) is 37.4. The van der Waals surface area contributed by atoms with E-state index in [1.54, 1.807) is 0 Å². The molecule has 0 aromatic carbocycles. The molecule has 1 saturated heterocycles. The highest BCUT2D eigenvalue weighted by Gasteiger charge is 2.48. The molecule has 0 aromatic rings. The van der Waals surface area contributed by atoms with E-state index in [0.717, 1.165) is 38.5 Å². The number of rotatable bonds is 42. The predicted molar refractivity (Wildman–Crippen MR) is 238 cm³/mol. The van der Waals surface area contributed by atoms with Crippen molar-refractivity contribution in [1.29, 1.82) is 0 Å². The zero-order valence-corrected chi connectivity index (χ0v) is 38.7. The van der Waals surface area contributed by atoms with E-state index >= 15 is 0 Å². The Morgan fingerprint density at radius 2 is 0.967 bits per heavy atom. The fourth-order valence-corrected chi connectivity index (χ4v) is 8.62. The summed E-state index contributed by atoms with van der Waals surface area (Å²) in [5, 5.41) is 55.4. The van der Waals surface area contributed by atoms with Gasteiger partial charge in [-0.3, -0.25) is 9.35 Å². The van der Waals surface area contributed by atoms with Crippen molar-refractivity contribution in [2.24, 2.45) is 0 Å². The lowest BCUT2D eigenvalue weighted by Crippen LogP contribution is -2.61. The molecule has 1 amide bonds. The first-order valence-corrected chi connectivity index (χ1v) is 25.9. The van der Waals surface area contributed by atoms with Gasteiger partial charge in [0.25, 0.3) is 0 Å². The minimum atomic E-state index is -5.11. The van der Waals surface area contributed by atoms with Crippen LogP contribution < -0.4 is 5.32 Å². The van der Waals surface area contributed by atoms with E-state index in [0.29, 0.717) is 19.3 Å². The highest BCUT2D eigenvalue weighted by molar-refractivity contribution is 7.80. The first-order chi connectivity index (χ1) is 28.9. The average Bonchev–Trinajstić information content (AvgIpc) is 3.22. The van der Waals surface area contributed by atoms with Gasteiger partial charge < -0.3 is 40.3 Å². The number of aliphatic hydroxyl groups excluding tert-OH is 5. The van der Waals surface area contributed by atoms with Crippen molar-refractivity contribution in [2.75, 3.05) is 13.2 Å². The van der Waals surface area contributed by atoms with Gasteiger partial charge in [0.2, 0.25) is 5.91 Å². The molecule has 1 aliphatic rings. The van der Waals surface area contributed by atoms with Crippen LogP contribution in [0.15, 0.2) is 0 Å². The number of unbranched alkanes of at least 4 members (excludes halogenated alkanes) is 29. The van der Waals surface area contributed by atoms with Crippen LogP contribution in [0.1, 0.15) is 226 Å². The van der Waals surface area contributed by atoms with Crippen molar-refractivity contribution in [3.05, 3.63) is 0 Å². The third kappa shape index (κ3) is 29.4. The molecule has 358 valence electrons. The quantitative estimate of drug-likeness (QED) is 0.0227. The summed E-state index contributed by atoms with van der Waals surface area (Å²) >= 11 is 0. The third-order valence-corrected chi connectivity index (χ3v) is 12.5. The van der Waals surface area contributed by atoms with Crippen LogP contribution in [0, 0.1) is 0 Å². The van der Waals surface area contributed by atoms with Crippen LogP contribution in [0.25, 0.3) is 0 Å². The minimum Gasteiger partial charge on any atom is -0.394 e. The molecule has 1 rings (SSSR count). The highest BCUT2D eigenvalue weighted by Crippen LogP contribution is 2.26. The predicted octanol–water partition coefficient (Wildman–Crippen LogP) is 8.75. The summed E-state index contributed by atoms with van der Waals surface area (Å²) in [6, 6.07) is -1.03. The monoisotopic (exact) mass is 882 g/mol. The summed E-state index contributed by atoms with van der Waals surface area (Å²) in [4.78, 5) is 13.1. The number of hydrogen-bond donors (Lipinski definition) is 7. The maximum Gasteiger partial charge on any atom is 0.397 e. The fourth-order valence-electron chi connectivity index (χ4n) is 8.11. The minimum absolute atomic E-state index is 0.265. The molecule has 13 nitrogen and oxygen atoms in total. The summed E-state index contributed by atoms with van der Waals surface area (Å²) < 4.78 is 47.6. The number of amides is 1. The van der Waals surface area contributed by atoms with Crippen LogP contribution >= 0.6 is 0 Å². The molecular formula is C46H91NO12S. The Morgan fingerprint density at radius 1 is 0.600 bits per heavy atom. The van der Waals surface area contributed by atoms with E-state index in [1.165, 1.54) is 148 Å². The molecule has 0 spiro atoms. The molecule has 14 heteroatoms. The first-order valence-electron chi connectivity index (χ1n) is 24.5. The molecule has 1 heterocycles. The number of carbonyl (C=O) groups is 1. The molecule has 0 bridgehead atoms. The van der Waals surface area contributed by atoms with Gasteiger partial charge in [-0.05, 0) is 12.8 Å². The van der Waals surface area contributed by atoms with E-state index in [-0.39, 0.29) is 6.42 Å². The van der Waals surface area contributed by atoms with Crippen molar-refractivity contribution < 1.29 is 57.0 Å². The number of nitrogens with one attached hydrogen (secondary N) is 1. The van der Waals surface area contributed by atoms with Gasteiger partial charge in [0.1, 0.15) is 30.5 Å². The Balaban J connectivity index is 2.50. The topological polar surface area (TPSA) is 212 Å². The standard InChI is InChI=1S/C46H91NO12S/c1-3-5-7-9-11-13-15-17-18-19-20-21-22-23-25-26-28-30-32-34-39(49)38(37-57-46-43(52)44(59-60(54,55)56)42(51)41(36-48)58-46)47-45(53)40(50)35-33-31-29-27-24-16-14-12-10-8-6-4-2/h38-44,46,48-52H,3-37H2,1-2H3,(H,47,53)(H,54,55,56). The van der Waals surface area contributed by atoms with E-state index in [1.807, 2.05) is 0 Å². The Hall–Kier alpha value is -0.940. The number of ether oxygens (including phenoxy) is 2. The lowest BCUT2D eigenvalue weighted by Gasteiger charge is -2.41. The summed E-state index contributed by atoms with van der Waals surface area (Å²) in [6.45, 7) is 3.29. The van der Waals surface area contributed by atoms with Gasteiger partial charge in [-0.15, -0.1) is 0 Å². The molecule has 8 atom stereocenters. The summed E-state index contributed by atoms with van der Waals surface area (Å²) in [5.41, 5.74) is 0. The van der Waals surface area contributed by atoms with E-state index in [9.17, 15) is 43.3 Å². The highest BCUT2D eigenvalue weighted by atomic mass is 32.3. The van der Waals surface area contributed by atoms with Crippen molar-refractivity contribution in [2.45, 2.75) is 275 Å². The third-order valence-electron chi connectivity index (χ3n) is 12.0. The van der Waals surface area contributed by atoms with Gasteiger partial charge in [-0.25, -0.2) is 4.18 Å². The van der Waals surface area contributed by atoms with E-state index < -0.39 is 78.5 Å². The van der Waals surface area contributed by atoms with Gasteiger partial charge in [0.15, 0.2) is 6.29 Å². The molecule has 1 aliphatic heterocycles. The van der Waals surface area contributed by atoms with Gasteiger partial charge in [0, 0.05) is 0 Å². The Morgan fingerprint density at radius 3 is 1.33 bits per heavy atom. The zero-order chi connectivity index (χ0) is 44.3. The fraction of sp³-hybridized carbons (Fsp3) is 0.978. The summed E-state index contributed by atoms with van der Waals surface area (Å²) in [7, 11) is -5.11. The van der Waals surface area contributed by atoms with E-state index in [4.69, 9.17) is 9.47 Å². The Bertz CT molecular complexity index is 1100. The normalized spacial score (nSPS) is 21.2. The number of carbonyl (C=O) groups excluding carboxylic acids is 1. The lowest BCUT2D eigenvalue weighted by molar-refractivity contribution is -0.298. The molecule has 0 radical (unpaired) electrons. The molecule has 1 fully saturated rings. The van der Waals surface area contributed by atoms with Crippen molar-refractivity contribution in [3.8, 4) is 0 Å². The average molecular weight is 882 g/mol. The van der Waals surface area contributed by atoms with Crippen LogP contribution in [-0.2, 0) is 28.9 Å². The van der Waals surface area contributed by atoms with Crippen LogP contribution in [0.5, 0.6) is 0 Å². The zero-order valence-electron chi connectivity index (χ0n) is 37.9. The maximum absolute atomic E-state index is 13.1. The molecule has 0 aromatic heterocycles. The molecular weight excluding hydrogens is 791 g/mol. The van der Waals surface area contributed by atoms with Crippen LogP contribution in [-0.4, -0.2) is 107 Å². The van der Waals surface area contributed by atoms with Crippen LogP contribution in [0.3, 0.4) is 0 Å². The second-order valence-electron chi connectivity index (χ2n) is 17.6. The Kier molecular flexibility index (Phi) is 35.6. The van der Waals surface area contributed by atoms with Gasteiger partial charge in [-0.2, -0.15) is 8.42 Å². The van der Waals surface area contributed by atoms with Crippen molar-refractivity contribution >= 4 is 16.3 Å². The van der Waals surface area contributed by atoms with Gasteiger partial charge >= 0.3 is 10.4 Å². The van der Waals surface area contributed by atoms with Crippen LogP contribution in [0.2, 0.25) is 0 Å². The van der Waals surface area contributed by atoms with Gasteiger partial charge in [-0.1, -0.05) is 213 Å². The Labute approximate surface area is 365 Å². The SMILES string of the molecule is CCCCCCCCCCCCCCCCCCCCCC(O)C(COC1OC(CO)C(O)C(OS(=O)(=O)O)C1O)NC(=O)C(O)CCCCCCCCCCCCCC. The first kappa shape index (κ1) is 57.1. The van der Waals surface area contributed by atoms with E-state index in [2.05, 4.69) is 23.3 Å². The molecule has 7 N–H and O–H groups in total.